The maximum Gasteiger partial charge on any atom is 0.295 e. The minimum Gasteiger partial charge on any atom is -0.503 e. The van der Waals surface area contributed by atoms with Crippen molar-refractivity contribution in [2.45, 2.75) is 6.04 Å². The molecular weight excluding hydrogens is 412 g/mol. The molecule has 2 aromatic heterocycles. The lowest BCUT2D eigenvalue weighted by Crippen LogP contribution is -2.31. The van der Waals surface area contributed by atoms with Crippen molar-refractivity contribution in [3.05, 3.63) is 94.2 Å². The van der Waals surface area contributed by atoms with Crippen molar-refractivity contribution in [3.63, 3.8) is 0 Å². The SMILES string of the molecule is O=C(C1=C(O)C(=O)N(c2ccccn2)C1c1cccc(Br)c1)c1ccco1. The van der Waals surface area contributed by atoms with Crippen molar-refractivity contribution in [2.75, 3.05) is 4.90 Å². The number of aliphatic hydroxyl groups excluding tert-OH is 1. The van der Waals surface area contributed by atoms with Crippen molar-refractivity contribution in [1.82, 2.24) is 4.98 Å². The van der Waals surface area contributed by atoms with E-state index in [4.69, 9.17) is 4.42 Å². The van der Waals surface area contributed by atoms with Crippen LogP contribution in [0, 0.1) is 0 Å². The van der Waals surface area contributed by atoms with Gasteiger partial charge in [-0.2, -0.15) is 0 Å². The number of pyridine rings is 1. The Labute approximate surface area is 162 Å². The Bertz CT molecular complexity index is 1040. The van der Waals surface area contributed by atoms with E-state index in [9.17, 15) is 14.7 Å². The lowest BCUT2D eigenvalue weighted by atomic mass is 9.95. The Morgan fingerprint density at radius 3 is 2.67 bits per heavy atom. The molecule has 1 aliphatic rings. The molecule has 0 saturated carbocycles. The maximum atomic E-state index is 13.0. The number of ketones is 1. The number of hydrogen-bond acceptors (Lipinski definition) is 5. The lowest BCUT2D eigenvalue weighted by Gasteiger charge is -2.25. The van der Waals surface area contributed by atoms with Crippen molar-refractivity contribution in [3.8, 4) is 0 Å². The van der Waals surface area contributed by atoms with Crippen LogP contribution in [0.3, 0.4) is 0 Å². The first-order chi connectivity index (χ1) is 13.1. The summed E-state index contributed by atoms with van der Waals surface area (Å²) in [5.41, 5.74) is 0.612. The molecule has 27 heavy (non-hydrogen) atoms. The monoisotopic (exact) mass is 424 g/mol. The quantitative estimate of drug-likeness (QED) is 0.633. The summed E-state index contributed by atoms with van der Waals surface area (Å²) in [7, 11) is 0. The van der Waals surface area contributed by atoms with Crippen molar-refractivity contribution >= 4 is 33.4 Å². The maximum absolute atomic E-state index is 13.0. The van der Waals surface area contributed by atoms with Crippen LogP contribution in [-0.2, 0) is 4.79 Å². The van der Waals surface area contributed by atoms with Crippen LogP contribution in [0.25, 0.3) is 0 Å². The highest BCUT2D eigenvalue weighted by Crippen LogP contribution is 2.41. The van der Waals surface area contributed by atoms with Crippen molar-refractivity contribution in [1.29, 1.82) is 0 Å². The molecule has 1 unspecified atom stereocenters. The number of nitrogens with zero attached hydrogens (tertiary/aromatic N) is 2. The molecule has 1 aliphatic heterocycles. The Kier molecular flexibility index (Phi) is 4.37. The Morgan fingerprint density at radius 1 is 1.15 bits per heavy atom. The van der Waals surface area contributed by atoms with Gasteiger partial charge in [-0.05, 0) is 42.0 Å². The van der Waals surface area contributed by atoms with Gasteiger partial charge in [-0.25, -0.2) is 4.98 Å². The molecule has 6 nitrogen and oxygen atoms in total. The summed E-state index contributed by atoms with van der Waals surface area (Å²) in [4.78, 5) is 31.4. The van der Waals surface area contributed by atoms with E-state index in [1.54, 1.807) is 48.7 Å². The standard InChI is InChI=1S/C20H13BrN2O4/c21-13-6-3-5-12(11-13)17-16(18(24)14-7-4-10-27-14)19(25)20(26)23(17)15-8-1-2-9-22-15/h1-11,17,25H. The fourth-order valence-corrected chi connectivity index (χ4v) is 3.52. The molecule has 3 heterocycles. The normalized spacial score (nSPS) is 16.9. The number of aliphatic hydroxyl groups is 1. The molecule has 1 atom stereocenters. The van der Waals surface area contributed by atoms with Crippen LogP contribution in [-0.4, -0.2) is 21.8 Å². The summed E-state index contributed by atoms with van der Waals surface area (Å²) in [6, 6.07) is 14.6. The van der Waals surface area contributed by atoms with Crippen molar-refractivity contribution < 1.29 is 19.1 Å². The molecule has 134 valence electrons. The van der Waals surface area contributed by atoms with Crippen LogP contribution in [0.1, 0.15) is 22.2 Å². The van der Waals surface area contributed by atoms with Crippen LogP contribution in [0.5, 0.6) is 0 Å². The third-order valence-corrected chi connectivity index (χ3v) is 4.75. The average molecular weight is 425 g/mol. The second-order valence-corrected chi connectivity index (χ2v) is 6.81. The fraction of sp³-hybridized carbons (Fsp3) is 0.0500. The molecule has 4 rings (SSSR count). The zero-order valence-electron chi connectivity index (χ0n) is 13.9. The van der Waals surface area contributed by atoms with E-state index in [0.29, 0.717) is 11.4 Å². The van der Waals surface area contributed by atoms with E-state index in [1.165, 1.54) is 17.2 Å². The van der Waals surface area contributed by atoms with Gasteiger partial charge in [-0.1, -0.05) is 34.1 Å². The van der Waals surface area contributed by atoms with Gasteiger partial charge in [-0.15, -0.1) is 0 Å². The summed E-state index contributed by atoms with van der Waals surface area (Å²) >= 11 is 3.41. The highest BCUT2D eigenvalue weighted by Gasteiger charge is 2.45. The second-order valence-electron chi connectivity index (χ2n) is 5.89. The van der Waals surface area contributed by atoms with Gasteiger partial charge in [0.1, 0.15) is 5.82 Å². The van der Waals surface area contributed by atoms with Crippen LogP contribution < -0.4 is 4.90 Å². The molecule has 1 N–H and O–H groups in total. The number of carbonyl (C=O) groups is 2. The number of furan rings is 1. The third-order valence-electron chi connectivity index (χ3n) is 4.26. The van der Waals surface area contributed by atoms with E-state index in [0.717, 1.165) is 4.47 Å². The number of benzene rings is 1. The summed E-state index contributed by atoms with van der Waals surface area (Å²) in [5.74, 6) is -1.46. The van der Waals surface area contributed by atoms with E-state index in [1.807, 2.05) is 6.07 Å². The zero-order chi connectivity index (χ0) is 19.0. The van der Waals surface area contributed by atoms with Crippen molar-refractivity contribution in [2.24, 2.45) is 0 Å². The third kappa shape index (κ3) is 2.96. The molecule has 7 heteroatoms. The second kappa shape index (κ2) is 6.85. The molecule has 1 aromatic carbocycles. The molecule has 0 fully saturated rings. The first-order valence-electron chi connectivity index (χ1n) is 8.09. The highest BCUT2D eigenvalue weighted by molar-refractivity contribution is 9.10. The van der Waals surface area contributed by atoms with E-state index in [-0.39, 0.29) is 11.3 Å². The minimum absolute atomic E-state index is 0.0429. The summed E-state index contributed by atoms with van der Waals surface area (Å²) in [5, 5.41) is 10.5. The van der Waals surface area contributed by atoms with Gasteiger partial charge in [0.05, 0.1) is 17.9 Å². The number of halogens is 1. The van der Waals surface area contributed by atoms with Gasteiger partial charge < -0.3 is 9.52 Å². The minimum atomic E-state index is -0.831. The zero-order valence-corrected chi connectivity index (χ0v) is 15.5. The number of carbonyl (C=O) groups excluding carboxylic acids is 2. The van der Waals surface area contributed by atoms with Gasteiger partial charge >= 0.3 is 0 Å². The number of amides is 1. The number of Topliss-reactive ketones (excluding diaryl/α,β-unsaturated/α-hetero) is 1. The van der Waals surface area contributed by atoms with Gasteiger partial charge in [0, 0.05) is 10.7 Å². The fourth-order valence-electron chi connectivity index (χ4n) is 3.10. The topological polar surface area (TPSA) is 83.6 Å². The Balaban J connectivity index is 1.90. The van der Waals surface area contributed by atoms with Gasteiger partial charge in [0.25, 0.3) is 5.91 Å². The average Bonchev–Trinajstić information content (AvgIpc) is 3.30. The molecule has 0 bridgehead atoms. The largest absolute Gasteiger partial charge is 0.503 e. The Morgan fingerprint density at radius 2 is 2.00 bits per heavy atom. The number of anilines is 1. The van der Waals surface area contributed by atoms with Gasteiger partial charge in [0.2, 0.25) is 5.78 Å². The van der Waals surface area contributed by atoms with E-state index < -0.39 is 23.5 Å². The van der Waals surface area contributed by atoms with E-state index in [2.05, 4.69) is 20.9 Å². The number of aromatic nitrogens is 1. The molecule has 0 aliphatic carbocycles. The molecule has 0 radical (unpaired) electrons. The summed E-state index contributed by atoms with van der Waals surface area (Å²) in [6.45, 7) is 0. The van der Waals surface area contributed by atoms with Gasteiger partial charge in [0.15, 0.2) is 11.5 Å². The molecule has 0 saturated heterocycles. The smallest absolute Gasteiger partial charge is 0.295 e. The van der Waals surface area contributed by atoms with Crippen LogP contribution in [0.4, 0.5) is 5.82 Å². The Hall–Kier alpha value is -3.19. The predicted octanol–water partition coefficient (Wildman–Crippen LogP) is 4.22. The number of hydrogen-bond donors (Lipinski definition) is 1. The van der Waals surface area contributed by atoms with Crippen LogP contribution >= 0.6 is 15.9 Å². The van der Waals surface area contributed by atoms with Crippen LogP contribution in [0.2, 0.25) is 0 Å². The predicted molar refractivity (Wildman–Crippen MR) is 101 cm³/mol. The number of rotatable bonds is 4. The summed E-state index contributed by atoms with van der Waals surface area (Å²) in [6.07, 6.45) is 2.91. The lowest BCUT2D eigenvalue weighted by molar-refractivity contribution is -0.117. The highest BCUT2D eigenvalue weighted by atomic mass is 79.9. The molecule has 1 amide bonds. The molecule has 0 spiro atoms. The molecule has 3 aromatic rings. The van der Waals surface area contributed by atoms with Gasteiger partial charge in [-0.3, -0.25) is 14.5 Å². The first kappa shape index (κ1) is 17.2. The van der Waals surface area contributed by atoms with Crippen LogP contribution in [0.15, 0.2) is 87.3 Å². The first-order valence-corrected chi connectivity index (χ1v) is 8.88. The molecular formula is C20H13BrN2O4. The summed E-state index contributed by atoms with van der Waals surface area (Å²) < 4.78 is 5.97. The van der Waals surface area contributed by atoms with E-state index >= 15 is 0 Å².